The van der Waals surface area contributed by atoms with E-state index in [9.17, 15) is 18.0 Å². The highest BCUT2D eigenvalue weighted by Gasteiger charge is 2.33. The number of benzene rings is 2. The van der Waals surface area contributed by atoms with E-state index in [0.29, 0.717) is 10.7 Å². The zero-order valence-electron chi connectivity index (χ0n) is 11.8. The van der Waals surface area contributed by atoms with Crippen molar-refractivity contribution in [1.82, 2.24) is 0 Å². The van der Waals surface area contributed by atoms with Gasteiger partial charge >= 0.3 is 12.2 Å². The Kier molecular flexibility index (Phi) is 5.06. The third kappa shape index (κ3) is 4.53. The molecule has 0 aliphatic heterocycles. The number of halogens is 5. The van der Waals surface area contributed by atoms with Crippen molar-refractivity contribution in [2.75, 3.05) is 10.6 Å². The molecule has 2 aromatic carbocycles. The number of alkyl halides is 3. The number of hydrogen-bond acceptors (Lipinski definition) is 1. The van der Waals surface area contributed by atoms with Crippen LogP contribution in [0.15, 0.2) is 36.4 Å². The first-order valence-corrected chi connectivity index (χ1v) is 7.13. The molecular formula is C15H11Cl2F3N2O. The number of urea groups is 1. The summed E-state index contributed by atoms with van der Waals surface area (Å²) >= 11 is 11.4. The number of anilines is 2. The monoisotopic (exact) mass is 362 g/mol. The Morgan fingerprint density at radius 3 is 2.00 bits per heavy atom. The summed E-state index contributed by atoms with van der Waals surface area (Å²) in [6, 6.07) is 7.28. The van der Waals surface area contributed by atoms with Crippen LogP contribution in [0, 0.1) is 6.92 Å². The zero-order valence-corrected chi connectivity index (χ0v) is 13.3. The summed E-state index contributed by atoms with van der Waals surface area (Å²) in [5, 5.41) is 4.94. The predicted octanol–water partition coefficient (Wildman–Crippen LogP) is 5.96. The van der Waals surface area contributed by atoms with Gasteiger partial charge in [-0.25, -0.2) is 4.79 Å². The van der Waals surface area contributed by atoms with Crippen LogP contribution in [0.5, 0.6) is 0 Å². The molecule has 0 spiro atoms. The van der Waals surface area contributed by atoms with Crippen LogP contribution in [-0.4, -0.2) is 6.03 Å². The standard InChI is InChI=1S/C15H11Cl2F3N2O/c1-8-6-9(2-4-12(8)16)21-14(23)22-10-3-5-13(17)11(7-10)15(18,19)20/h2-7H,1H3,(H2,21,22,23). The average Bonchev–Trinajstić information content (AvgIpc) is 2.44. The number of rotatable bonds is 2. The molecule has 2 aromatic rings. The largest absolute Gasteiger partial charge is 0.417 e. The van der Waals surface area contributed by atoms with Crippen LogP contribution < -0.4 is 10.6 Å². The minimum Gasteiger partial charge on any atom is -0.308 e. The molecule has 23 heavy (non-hydrogen) atoms. The van der Waals surface area contributed by atoms with Gasteiger partial charge in [-0.2, -0.15) is 13.2 Å². The van der Waals surface area contributed by atoms with Gasteiger partial charge in [-0.1, -0.05) is 23.2 Å². The molecule has 0 saturated heterocycles. The summed E-state index contributed by atoms with van der Waals surface area (Å²) in [7, 11) is 0. The Labute approximate surface area is 140 Å². The fourth-order valence-electron chi connectivity index (χ4n) is 1.84. The van der Waals surface area contributed by atoms with Gasteiger partial charge in [-0.3, -0.25) is 0 Å². The van der Waals surface area contributed by atoms with E-state index in [1.54, 1.807) is 25.1 Å². The molecule has 8 heteroatoms. The van der Waals surface area contributed by atoms with Crippen molar-refractivity contribution >= 4 is 40.6 Å². The maximum absolute atomic E-state index is 12.8. The van der Waals surface area contributed by atoms with Gasteiger partial charge in [0.15, 0.2) is 0 Å². The summed E-state index contributed by atoms with van der Waals surface area (Å²) in [5.41, 5.74) is 0.189. The highest BCUT2D eigenvalue weighted by Crippen LogP contribution is 2.36. The third-order valence-electron chi connectivity index (χ3n) is 2.95. The first-order chi connectivity index (χ1) is 10.7. The van der Waals surface area contributed by atoms with Crippen LogP contribution in [0.3, 0.4) is 0 Å². The number of carbonyl (C=O) groups is 1. The van der Waals surface area contributed by atoms with E-state index in [1.165, 1.54) is 6.07 Å². The van der Waals surface area contributed by atoms with Crippen molar-refractivity contribution in [3.05, 3.63) is 57.6 Å². The number of amides is 2. The molecule has 2 amide bonds. The minimum absolute atomic E-state index is 0.0232. The van der Waals surface area contributed by atoms with Crippen LogP contribution >= 0.6 is 23.2 Å². The molecule has 0 saturated carbocycles. The number of aryl methyl sites for hydroxylation is 1. The Balaban J connectivity index is 2.12. The molecular weight excluding hydrogens is 352 g/mol. The van der Waals surface area contributed by atoms with Gasteiger partial charge in [0.1, 0.15) is 0 Å². The number of hydrogen-bond donors (Lipinski definition) is 2. The van der Waals surface area contributed by atoms with Gasteiger partial charge in [0.05, 0.1) is 10.6 Å². The summed E-state index contributed by atoms with van der Waals surface area (Å²) < 4.78 is 38.3. The summed E-state index contributed by atoms with van der Waals surface area (Å²) in [6.07, 6.45) is -4.60. The first kappa shape index (κ1) is 17.4. The Morgan fingerprint density at radius 1 is 0.957 bits per heavy atom. The maximum atomic E-state index is 12.8. The maximum Gasteiger partial charge on any atom is 0.417 e. The highest BCUT2D eigenvalue weighted by atomic mass is 35.5. The highest BCUT2D eigenvalue weighted by molar-refractivity contribution is 6.31. The average molecular weight is 363 g/mol. The SMILES string of the molecule is Cc1cc(NC(=O)Nc2ccc(Cl)c(C(F)(F)F)c2)ccc1Cl. The molecule has 122 valence electrons. The van der Waals surface area contributed by atoms with E-state index in [2.05, 4.69) is 10.6 Å². The van der Waals surface area contributed by atoms with Crippen molar-refractivity contribution < 1.29 is 18.0 Å². The summed E-state index contributed by atoms with van der Waals surface area (Å²) in [6.45, 7) is 1.76. The molecule has 0 unspecified atom stereocenters. The molecule has 0 aliphatic rings. The second-order valence-electron chi connectivity index (χ2n) is 4.74. The Morgan fingerprint density at radius 2 is 1.48 bits per heavy atom. The first-order valence-electron chi connectivity index (χ1n) is 6.38. The molecule has 3 nitrogen and oxygen atoms in total. The van der Waals surface area contributed by atoms with Gasteiger partial charge in [0, 0.05) is 16.4 Å². The van der Waals surface area contributed by atoms with E-state index in [0.717, 1.165) is 17.7 Å². The molecule has 0 bridgehead atoms. The van der Waals surface area contributed by atoms with Crippen molar-refractivity contribution in [3.63, 3.8) is 0 Å². The lowest BCUT2D eigenvalue weighted by Gasteiger charge is -2.12. The Hall–Kier alpha value is -1.92. The molecule has 2 rings (SSSR count). The van der Waals surface area contributed by atoms with Crippen LogP contribution in [0.2, 0.25) is 10.0 Å². The summed E-state index contributed by atoms with van der Waals surface area (Å²) in [4.78, 5) is 11.9. The molecule has 0 atom stereocenters. The summed E-state index contributed by atoms with van der Waals surface area (Å²) in [5.74, 6) is 0. The minimum atomic E-state index is -4.60. The number of carbonyl (C=O) groups excluding carboxylic acids is 1. The molecule has 0 aromatic heterocycles. The van der Waals surface area contributed by atoms with E-state index in [-0.39, 0.29) is 5.69 Å². The van der Waals surface area contributed by atoms with Crippen molar-refractivity contribution in [2.24, 2.45) is 0 Å². The molecule has 0 radical (unpaired) electrons. The van der Waals surface area contributed by atoms with Gasteiger partial charge in [-0.15, -0.1) is 0 Å². The van der Waals surface area contributed by atoms with E-state index in [1.807, 2.05) is 0 Å². The second kappa shape index (κ2) is 6.68. The van der Waals surface area contributed by atoms with Crippen LogP contribution in [0.4, 0.5) is 29.3 Å². The molecule has 0 aliphatic carbocycles. The smallest absolute Gasteiger partial charge is 0.308 e. The second-order valence-corrected chi connectivity index (χ2v) is 5.55. The predicted molar refractivity (Wildman–Crippen MR) is 85.3 cm³/mol. The normalized spacial score (nSPS) is 11.2. The third-order valence-corrected chi connectivity index (χ3v) is 3.70. The van der Waals surface area contributed by atoms with Crippen molar-refractivity contribution in [2.45, 2.75) is 13.1 Å². The van der Waals surface area contributed by atoms with E-state index < -0.39 is 22.8 Å². The number of nitrogens with one attached hydrogen (secondary N) is 2. The lowest BCUT2D eigenvalue weighted by Crippen LogP contribution is -2.20. The Bertz CT molecular complexity index is 748. The van der Waals surface area contributed by atoms with Crippen LogP contribution in [-0.2, 0) is 6.18 Å². The lowest BCUT2D eigenvalue weighted by atomic mass is 10.2. The van der Waals surface area contributed by atoms with Gasteiger partial charge in [0.2, 0.25) is 0 Å². The van der Waals surface area contributed by atoms with Crippen LogP contribution in [0.25, 0.3) is 0 Å². The molecule has 0 heterocycles. The van der Waals surface area contributed by atoms with Crippen molar-refractivity contribution in [1.29, 1.82) is 0 Å². The molecule has 2 N–H and O–H groups in total. The topological polar surface area (TPSA) is 41.1 Å². The zero-order chi connectivity index (χ0) is 17.2. The van der Waals surface area contributed by atoms with Gasteiger partial charge in [-0.05, 0) is 48.9 Å². The van der Waals surface area contributed by atoms with E-state index >= 15 is 0 Å². The van der Waals surface area contributed by atoms with Gasteiger partial charge in [0.25, 0.3) is 0 Å². The fourth-order valence-corrected chi connectivity index (χ4v) is 2.18. The quantitative estimate of drug-likeness (QED) is 0.679. The van der Waals surface area contributed by atoms with Crippen LogP contribution in [0.1, 0.15) is 11.1 Å². The fraction of sp³-hybridized carbons (Fsp3) is 0.133. The van der Waals surface area contributed by atoms with E-state index in [4.69, 9.17) is 23.2 Å². The molecule has 0 fully saturated rings. The van der Waals surface area contributed by atoms with Gasteiger partial charge < -0.3 is 10.6 Å². The van der Waals surface area contributed by atoms with Crippen molar-refractivity contribution in [3.8, 4) is 0 Å². The lowest BCUT2D eigenvalue weighted by molar-refractivity contribution is -0.137.